The second kappa shape index (κ2) is 22.7. The van der Waals surface area contributed by atoms with Crippen LogP contribution in [0.15, 0.2) is 78.9 Å². The van der Waals surface area contributed by atoms with Crippen molar-refractivity contribution in [1.29, 1.82) is 0 Å². The minimum absolute atomic E-state index is 0.0202. The maximum absolute atomic E-state index is 13.0. The normalized spacial score (nSPS) is 17.0. The standard InChI is InChI=1S/C37H46O6.2C2H6/c1-27-25-34(28(27)2)35(26-29-13-9-8-10-14-29)37(39)42-24-12-7-5-4-6-11-23-41-32-19-21-33(22-20-32)43-36(38)30-15-17-31(40-3)18-16-30;2*1-2/h8-10,13-22,27-28,34-35H,4-7,11-12,23-26H2,1-3H3;2*1-2H3. The third-order valence-corrected chi connectivity index (χ3v) is 8.75. The highest BCUT2D eigenvalue weighted by Gasteiger charge is 2.43. The smallest absolute Gasteiger partial charge is 0.343 e. The lowest BCUT2D eigenvalue weighted by Gasteiger charge is -2.44. The molecule has 1 saturated carbocycles. The first-order chi connectivity index (χ1) is 22.9. The number of carbonyl (C=O) groups excluding carboxylic acids is 2. The van der Waals surface area contributed by atoms with Gasteiger partial charge in [-0.1, -0.05) is 97.6 Å². The summed E-state index contributed by atoms with van der Waals surface area (Å²) in [6, 6.07) is 24.2. The lowest BCUT2D eigenvalue weighted by atomic mass is 9.60. The maximum atomic E-state index is 13.0. The van der Waals surface area contributed by atoms with Crippen LogP contribution in [0.25, 0.3) is 0 Å². The van der Waals surface area contributed by atoms with E-state index in [1.165, 1.54) is 5.56 Å². The van der Waals surface area contributed by atoms with Crippen LogP contribution < -0.4 is 14.2 Å². The molecule has 4 unspecified atom stereocenters. The average molecular weight is 647 g/mol. The molecule has 0 amide bonds. The zero-order valence-corrected chi connectivity index (χ0v) is 29.8. The van der Waals surface area contributed by atoms with Crippen LogP contribution in [0.4, 0.5) is 0 Å². The summed E-state index contributed by atoms with van der Waals surface area (Å²) < 4.78 is 22.2. The first-order valence-corrected chi connectivity index (χ1v) is 17.7. The van der Waals surface area contributed by atoms with Gasteiger partial charge in [0.25, 0.3) is 0 Å². The first kappa shape index (κ1) is 39.4. The van der Waals surface area contributed by atoms with Crippen molar-refractivity contribution in [2.45, 2.75) is 92.9 Å². The Bertz CT molecular complexity index is 1260. The van der Waals surface area contributed by atoms with Gasteiger partial charge in [0, 0.05) is 0 Å². The molecule has 1 fully saturated rings. The molecule has 3 aromatic carbocycles. The molecule has 3 aromatic rings. The van der Waals surface area contributed by atoms with Crippen LogP contribution >= 0.6 is 0 Å². The number of hydrogen-bond donors (Lipinski definition) is 0. The van der Waals surface area contributed by atoms with Gasteiger partial charge in [-0.3, -0.25) is 4.79 Å². The van der Waals surface area contributed by atoms with Crippen molar-refractivity contribution in [2.75, 3.05) is 20.3 Å². The fraction of sp³-hybridized carbons (Fsp3) is 0.512. The summed E-state index contributed by atoms with van der Waals surface area (Å²) in [5.41, 5.74) is 1.67. The van der Waals surface area contributed by atoms with E-state index in [1.807, 2.05) is 58.0 Å². The van der Waals surface area contributed by atoms with Crippen LogP contribution in [0.3, 0.4) is 0 Å². The summed E-state index contributed by atoms with van der Waals surface area (Å²) in [7, 11) is 1.58. The Morgan fingerprint density at radius 3 is 1.83 bits per heavy atom. The summed E-state index contributed by atoms with van der Waals surface area (Å²) in [5.74, 6) is 3.11. The molecule has 6 nitrogen and oxygen atoms in total. The Kier molecular flexibility index (Phi) is 19.0. The highest BCUT2D eigenvalue weighted by Crippen LogP contribution is 2.45. The second-order valence-corrected chi connectivity index (χ2v) is 11.8. The summed E-state index contributed by atoms with van der Waals surface area (Å²) in [4.78, 5) is 25.4. The van der Waals surface area contributed by atoms with E-state index in [0.29, 0.717) is 48.0 Å². The van der Waals surface area contributed by atoms with E-state index in [0.717, 1.165) is 57.1 Å². The molecule has 1 aliphatic rings. The lowest BCUT2D eigenvalue weighted by Crippen LogP contribution is -2.42. The lowest BCUT2D eigenvalue weighted by molar-refractivity contribution is -0.154. The van der Waals surface area contributed by atoms with Gasteiger partial charge in [0.1, 0.15) is 17.2 Å². The van der Waals surface area contributed by atoms with Crippen LogP contribution in [0.1, 0.15) is 102 Å². The maximum Gasteiger partial charge on any atom is 0.343 e. The third kappa shape index (κ3) is 13.5. The van der Waals surface area contributed by atoms with E-state index in [-0.39, 0.29) is 11.9 Å². The Balaban J connectivity index is 0.00000185. The van der Waals surface area contributed by atoms with E-state index in [1.54, 1.807) is 43.5 Å². The summed E-state index contributed by atoms with van der Waals surface area (Å²) >= 11 is 0. The number of carbonyl (C=O) groups is 2. The third-order valence-electron chi connectivity index (χ3n) is 8.75. The average Bonchev–Trinajstić information content (AvgIpc) is 3.13. The predicted molar refractivity (Wildman–Crippen MR) is 191 cm³/mol. The van der Waals surface area contributed by atoms with E-state index >= 15 is 0 Å². The minimum atomic E-state index is -0.417. The molecule has 0 aliphatic heterocycles. The molecule has 6 heteroatoms. The Morgan fingerprint density at radius 1 is 0.702 bits per heavy atom. The molecular weight excluding hydrogens is 588 g/mol. The molecule has 0 radical (unpaired) electrons. The summed E-state index contributed by atoms with van der Waals surface area (Å²) in [6.45, 7) is 13.7. The van der Waals surface area contributed by atoms with Gasteiger partial charge in [-0.2, -0.15) is 0 Å². The molecule has 4 atom stereocenters. The van der Waals surface area contributed by atoms with Crippen molar-refractivity contribution in [3.63, 3.8) is 0 Å². The van der Waals surface area contributed by atoms with Gasteiger partial charge in [0.05, 0.1) is 31.8 Å². The van der Waals surface area contributed by atoms with Crippen LogP contribution in [0, 0.1) is 23.7 Å². The van der Waals surface area contributed by atoms with E-state index in [4.69, 9.17) is 18.9 Å². The van der Waals surface area contributed by atoms with Crippen molar-refractivity contribution in [3.8, 4) is 17.2 Å². The molecule has 0 heterocycles. The molecule has 0 spiro atoms. The summed E-state index contributed by atoms with van der Waals surface area (Å²) in [5, 5.41) is 0. The highest BCUT2D eigenvalue weighted by molar-refractivity contribution is 5.91. The fourth-order valence-electron chi connectivity index (χ4n) is 5.77. The molecule has 0 saturated heterocycles. The number of benzene rings is 3. The SMILES string of the molecule is CC.CC.COc1ccc(C(=O)Oc2ccc(OCCCCCCCCOC(=O)C(Cc3ccccc3)C3CC(C)C3C)cc2)cc1. The quantitative estimate of drug-likeness (QED) is 0.0826. The number of ether oxygens (including phenoxy) is 4. The van der Waals surface area contributed by atoms with Crippen molar-refractivity contribution < 1.29 is 28.5 Å². The molecule has 258 valence electrons. The molecular formula is C41H58O6. The first-order valence-electron chi connectivity index (χ1n) is 17.7. The van der Waals surface area contributed by atoms with Gasteiger partial charge in [-0.15, -0.1) is 0 Å². The predicted octanol–water partition coefficient (Wildman–Crippen LogP) is 10.4. The Hall–Kier alpha value is -3.80. The Morgan fingerprint density at radius 2 is 1.26 bits per heavy atom. The van der Waals surface area contributed by atoms with E-state index in [2.05, 4.69) is 26.0 Å². The zero-order valence-electron chi connectivity index (χ0n) is 29.8. The second-order valence-electron chi connectivity index (χ2n) is 11.8. The highest BCUT2D eigenvalue weighted by atomic mass is 16.5. The largest absolute Gasteiger partial charge is 0.497 e. The van der Waals surface area contributed by atoms with E-state index in [9.17, 15) is 9.59 Å². The van der Waals surface area contributed by atoms with Gasteiger partial charge < -0.3 is 18.9 Å². The topological polar surface area (TPSA) is 71.1 Å². The fourth-order valence-corrected chi connectivity index (χ4v) is 5.77. The zero-order chi connectivity index (χ0) is 34.4. The van der Waals surface area contributed by atoms with Gasteiger partial charge in [0.2, 0.25) is 0 Å². The van der Waals surface area contributed by atoms with Gasteiger partial charge in [-0.25, -0.2) is 4.79 Å². The molecule has 47 heavy (non-hydrogen) atoms. The van der Waals surface area contributed by atoms with Crippen molar-refractivity contribution in [2.24, 2.45) is 23.7 Å². The van der Waals surface area contributed by atoms with Gasteiger partial charge >= 0.3 is 11.9 Å². The number of unbranched alkanes of at least 4 members (excludes halogenated alkanes) is 5. The van der Waals surface area contributed by atoms with Crippen molar-refractivity contribution >= 4 is 11.9 Å². The molecule has 0 bridgehead atoms. The summed E-state index contributed by atoms with van der Waals surface area (Å²) in [6.07, 6.45) is 8.17. The van der Waals surface area contributed by atoms with Crippen LogP contribution in [0.5, 0.6) is 17.2 Å². The van der Waals surface area contributed by atoms with Crippen LogP contribution in [0.2, 0.25) is 0 Å². The Labute approximate surface area is 284 Å². The molecule has 1 aliphatic carbocycles. The number of esters is 2. The molecule has 0 aromatic heterocycles. The number of methoxy groups -OCH3 is 1. The van der Waals surface area contributed by atoms with Gasteiger partial charge in [-0.05, 0) is 97.5 Å². The minimum Gasteiger partial charge on any atom is -0.497 e. The van der Waals surface area contributed by atoms with Gasteiger partial charge in [0.15, 0.2) is 0 Å². The molecule has 0 N–H and O–H groups in total. The van der Waals surface area contributed by atoms with E-state index < -0.39 is 5.97 Å². The monoisotopic (exact) mass is 646 g/mol. The number of rotatable bonds is 17. The molecule has 4 rings (SSSR count). The van der Waals surface area contributed by atoms with Crippen molar-refractivity contribution in [1.82, 2.24) is 0 Å². The van der Waals surface area contributed by atoms with Crippen LogP contribution in [-0.2, 0) is 16.0 Å². The number of hydrogen-bond acceptors (Lipinski definition) is 6. The van der Waals surface area contributed by atoms with Crippen LogP contribution in [-0.4, -0.2) is 32.3 Å². The van der Waals surface area contributed by atoms with Crippen molar-refractivity contribution in [3.05, 3.63) is 90.0 Å².